The Morgan fingerprint density at radius 3 is 3.00 bits per heavy atom. The van der Waals surface area contributed by atoms with E-state index in [9.17, 15) is 0 Å². The van der Waals surface area contributed by atoms with E-state index < -0.39 is 0 Å². The molecule has 0 amide bonds. The van der Waals surface area contributed by atoms with Crippen molar-refractivity contribution in [3.63, 3.8) is 0 Å². The van der Waals surface area contributed by atoms with Gasteiger partial charge in [0.05, 0.1) is 6.10 Å². The summed E-state index contributed by atoms with van der Waals surface area (Å²) in [6, 6.07) is 10.5. The predicted octanol–water partition coefficient (Wildman–Crippen LogP) is 3.13. The second-order valence-corrected chi connectivity index (χ2v) is 7.23. The van der Waals surface area contributed by atoms with Crippen LogP contribution in [0.1, 0.15) is 29.8 Å². The lowest BCUT2D eigenvalue weighted by molar-refractivity contribution is -0.0357. The standard InChI is InChI=1S/C17H21N3OS/c1-2-5-13(6-3-1)11-16-18-19-17(22-16)20-9-8-15-14(12-20)7-4-10-21-15/h1-3,5-6,14-15H,4,7-12H2. The van der Waals surface area contributed by atoms with Crippen LogP contribution in [0.2, 0.25) is 0 Å². The third kappa shape index (κ3) is 3.01. The van der Waals surface area contributed by atoms with Crippen LogP contribution in [0.4, 0.5) is 5.13 Å². The van der Waals surface area contributed by atoms with Gasteiger partial charge in [0.25, 0.3) is 0 Å². The molecule has 0 bridgehead atoms. The van der Waals surface area contributed by atoms with E-state index in [2.05, 4.69) is 39.4 Å². The monoisotopic (exact) mass is 315 g/mol. The molecule has 2 fully saturated rings. The lowest BCUT2D eigenvalue weighted by Crippen LogP contribution is -2.46. The van der Waals surface area contributed by atoms with Crippen molar-refractivity contribution in [3.05, 3.63) is 40.9 Å². The first-order valence-corrected chi connectivity index (χ1v) is 8.93. The van der Waals surface area contributed by atoms with Crippen molar-refractivity contribution in [3.8, 4) is 0 Å². The van der Waals surface area contributed by atoms with E-state index in [1.165, 1.54) is 18.4 Å². The molecule has 5 heteroatoms. The lowest BCUT2D eigenvalue weighted by Gasteiger charge is -2.40. The van der Waals surface area contributed by atoms with Gasteiger partial charge in [-0.15, -0.1) is 10.2 Å². The van der Waals surface area contributed by atoms with Gasteiger partial charge in [0.1, 0.15) is 5.01 Å². The summed E-state index contributed by atoms with van der Waals surface area (Å²) in [5, 5.41) is 11.0. The Morgan fingerprint density at radius 2 is 2.09 bits per heavy atom. The molecule has 2 aliphatic rings. The Labute approximate surface area is 135 Å². The van der Waals surface area contributed by atoms with Gasteiger partial charge in [-0.05, 0) is 24.8 Å². The van der Waals surface area contributed by atoms with Crippen LogP contribution in [0.25, 0.3) is 0 Å². The highest BCUT2D eigenvalue weighted by atomic mass is 32.1. The number of piperidine rings is 1. The van der Waals surface area contributed by atoms with Gasteiger partial charge in [-0.25, -0.2) is 0 Å². The molecule has 0 saturated carbocycles. The number of ether oxygens (including phenoxy) is 1. The van der Waals surface area contributed by atoms with Crippen LogP contribution in [0, 0.1) is 5.92 Å². The summed E-state index contributed by atoms with van der Waals surface area (Å²) in [5.41, 5.74) is 1.30. The van der Waals surface area contributed by atoms with Gasteiger partial charge >= 0.3 is 0 Å². The highest BCUT2D eigenvalue weighted by molar-refractivity contribution is 7.15. The molecule has 2 atom stereocenters. The van der Waals surface area contributed by atoms with Crippen molar-refractivity contribution in [1.29, 1.82) is 0 Å². The summed E-state index contributed by atoms with van der Waals surface area (Å²) in [6.45, 7) is 3.06. The first kappa shape index (κ1) is 14.2. The van der Waals surface area contributed by atoms with Gasteiger partial charge < -0.3 is 9.64 Å². The molecule has 0 radical (unpaired) electrons. The van der Waals surface area contributed by atoms with Crippen molar-refractivity contribution in [2.75, 3.05) is 24.6 Å². The van der Waals surface area contributed by atoms with Crippen LogP contribution in [-0.2, 0) is 11.2 Å². The zero-order chi connectivity index (χ0) is 14.8. The second-order valence-electron chi connectivity index (χ2n) is 6.19. The number of anilines is 1. The van der Waals surface area contributed by atoms with Crippen LogP contribution in [0.3, 0.4) is 0 Å². The molecule has 0 spiro atoms. The molecule has 2 saturated heterocycles. The molecule has 2 aliphatic heterocycles. The first-order chi connectivity index (χ1) is 10.9. The van der Waals surface area contributed by atoms with Gasteiger partial charge in [0, 0.05) is 32.0 Å². The van der Waals surface area contributed by atoms with E-state index >= 15 is 0 Å². The highest BCUT2D eigenvalue weighted by Crippen LogP contribution is 2.32. The average Bonchev–Trinajstić information content (AvgIpc) is 3.04. The average molecular weight is 315 g/mol. The molecule has 2 unspecified atom stereocenters. The van der Waals surface area contributed by atoms with Crippen LogP contribution in [0.5, 0.6) is 0 Å². The van der Waals surface area contributed by atoms with Crippen molar-refractivity contribution in [2.45, 2.75) is 31.8 Å². The zero-order valence-corrected chi connectivity index (χ0v) is 13.5. The highest BCUT2D eigenvalue weighted by Gasteiger charge is 2.33. The summed E-state index contributed by atoms with van der Waals surface area (Å²) in [7, 11) is 0. The molecule has 116 valence electrons. The summed E-state index contributed by atoms with van der Waals surface area (Å²) < 4.78 is 5.89. The molecule has 1 aromatic heterocycles. The van der Waals surface area contributed by atoms with E-state index in [-0.39, 0.29) is 0 Å². The maximum Gasteiger partial charge on any atom is 0.208 e. The SMILES string of the molecule is c1ccc(Cc2nnc(N3CCC4OCCCC4C3)s2)cc1. The number of hydrogen-bond donors (Lipinski definition) is 0. The van der Waals surface area contributed by atoms with Crippen LogP contribution in [-0.4, -0.2) is 36.0 Å². The normalized spacial score (nSPS) is 25.0. The molecule has 0 aliphatic carbocycles. The third-order valence-electron chi connectivity index (χ3n) is 4.64. The fraction of sp³-hybridized carbons (Fsp3) is 0.529. The van der Waals surface area contributed by atoms with E-state index in [0.29, 0.717) is 12.0 Å². The molecular weight excluding hydrogens is 294 g/mol. The summed E-state index contributed by atoms with van der Waals surface area (Å²) in [4.78, 5) is 2.40. The van der Waals surface area contributed by atoms with E-state index in [1.807, 2.05) is 6.07 Å². The molecule has 22 heavy (non-hydrogen) atoms. The molecular formula is C17H21N3OS. The molecule has 0 N–H and O–H groups in total. The minimum atomic E-state index is 0.474. The van der Waals surface area contributed by atoms with Gasteiger partial charge in [-0.3, -0.25) is 0 Å². The van der Waals surface area contributed by atoms with Gasteiger partial charge in [-0.1, -0.05) is 41.7 Å². The topological polar surface area (TPSA) is 38.2 Å². The molecule has 2 aromatic rings. The Hall–Kier alpha value is -1.46. The predicted molar refractivity (Wildman–Crippen MR) is 88.5 cm³/mol. The second kappa shape index (κ2) is 6.34. The van der Waals surface area contributed by atoms with Crippen molar-refractivity contribution >= 4 is 16.5 Å². The van der Waals surface area contributed by atoms with Crippen LogP contribution >= 0.6 is 11.3 Å². The van der Waals surface area contributed by atoms with E-state index in [4.69, 9.17) is 4.74 Å². The summed E-state index contributed by atoms with van der Waals surface area (Å²) >= 11 is 1.74. The molecule has 4 rings (SSSR count). The van der Waals surface area contributed by atoms with E-state index in [0.717, 1.165) is 42.7 Å². The van der Waals surface area contributed by atoms with Crippen LogP contribution < -0.4 is 4.90 Å². The van der Waals surface area contributed by atoms with Crippen LogP contribution in [0.15, 0.2) is 30.3 Å². The lowest BCUT2D eigenvalue weighted by atomic mass is 9.89. The fourth-order valence-corrected chi connectivity index (χ4v) is 4.38. The maximum atomic E-state index is 5.89. The maximum absolute atomic E-state index is 5.89. The van der Waals surface area contributed by atoms with Crippen molar-refractivity contribution in [2.24, 2.45) is 5.92 Å². The minimum absolute atomic E-state index is 0.474. The number of hydrogen-bond acceptors (Lipinski definition) is 5. The number of benzene rings is 1. The van der Waals surface area contributed by atoms with Gasteiger partial charge in [0.2, 0.25) is 5.13 Å². The Morgan fingerprint density at radius 1 is 1.18 bits per heavy atom. The van der Waals surface area contributed by atoms with Crippen molar-refractivity contribution < 1.29 is 4.74 Å². The van der Waals surface area contributed by atoms with E-state index in [1.54, 1.807) is 11.3 Å². The number of rotatable bonds is 3. The largest absolute Gasteiger partial charge is 0.378 e. The summed E-state index contributed by atoms with van der Waals surface area (Å²) in [5.74, 6) is 0.670. The zero-order valence-electron chi connectivity index (χ0n) is 12.6. The fourth-order valence-electron chi connectivity index (χ4n) is 3.48. The van der Waals surface area contributed by atoms with Crippen molar-refractivity contribution in [1.82, 2.24) is 10.2 Å². The molecule has 4 nitrogen and oxygen atoms in total. The van der Waals surface area contributed by atoms with Gasteiger partial charge in [0.15, 0.2) is 0 Å². The first-order valence-electron chi connectivity index (χ1n) is 8.11. The van der Waals surface area contributed by atoms with Gasteiger partial charge in [-0.2, -0.15) is 0 Å². The number of fused-ring (bicyclic) bond motifs is 1. The number of nitrogens with zero attached hydrogens (tertiary/aromatic N) is 3. The number of aromatic nitrogens is 2. The molecule has 3 heterocycles. The summed E-state index contributed by atoms with van der Waals surface area (Å²) in [6.07, 6.45) is 4.96. The minimum Gasteiger partial charge on any atom is -0.378 e. The Bertz CT molecular complexity index is 615. The Kier molecular flexibility index (Phi) is 4.08. The Balaban J connectivity index is 1.43. The molecule has 1 aromatic carbocycles. The smallest absolute Gasteiger partial charge is 0.208 e. The quantitative estimate of drug-likeness (QED) is 0.872. The third-order valence-corrected chi connectivity index (χ3v) is 5.62.